The summed E-state index contributed by atoms with van der Waals surface area (Å²) in [6.45, 7) is 7.60. The van der Waals surface area contributed by atoms with E-state index in [0.717, 1.165) is 19.3 Å². The van der Waals surface area contributed by atoms with Gasteiger partial charge in [0.2, 0.25) is 0 Å². The SMILES string of the molecule is Cc1cc(NC(=O)COC(=O)c2ccccc2C(=O)O[C@@H]2C[C@@H](C)CC[C@@H]2C(C)C)no1. The Kier molecular flexibility index (Phi) is 7.66. The number of benzene rings is 1. The first kappa shape index (κ1) is 23.5. The van der Waals surface area contributed by atoms with Crippen LogP contribution in [0.25, 0.3) is 0 Å². The Morgan fingerprint density at radius 3 is 2.47 bits per heavy atom. The predicted molar refractivity (Wildman–Crippen MR) is 117 cm³/mol. The van der Waals surface area contributed by atoms with E-state index in [0.29, 0.717) is 17.6 Å². The molecule has 0 bridgehead atoms. The van der Waals surface area contributed by atoms with Gasteiger partial charge in [-0.2, -0.15) is 0 Å². The van der Waals surface area contributed by atoms with Crippen molar-refractivity contribution >= 4 is 23.7 Å². The van der Waals surface area contributed by atoms with Crippen molar-refractivity contribution < 1.29 is 28.4 Å². The Morgan fingerprint density at radius 2 is 1.84 bits per heavy atom. The Balaban J connectivity index is 1.64. The van der Waals surface area contributed by atoms with E-state index in [-0.39, 0.29) is 29.0 Å². The number of carbonyl (C=O) groups excluding carboxylic acids is 3. The van der Waals surface area contributed by atoms with Crippen LogP contribution in [0.1, 0.15) is 66.5 Å². The number of hydrogen-bond donors (Lipinski definition) is 1. The first-order valence-corrected chi connectivity index (χ1v) is 10.9. The average Bonchev–Trinajstić information content (AvgIpc) is 3.16. The zero-order valence-corrected chi connectivity index (χ0v) is 18.9. The Hall–Kier alpha value is -3.16. The average molecular weight is 443 g/mol. The number of esters is 2. The highest BCUT2D eigenvalue weighted by Crippen LogP contribution is 2.35. The third-order valence-corrected chi connectivity index (χ3v) is 5.82. The highest BCUT2D eigenvalue weighted by Gasteiger charge is 2.34. The molecule has 1 N–H and O–H groups in total. The van der Waals surface area contributed by atoms with E-state index in [4.69, 9.17) is 14.0 Å². The summed E-state index contributed by atoms with van der Waals surface area (Å²) in [5.41, 5.74) is 0.193. The molecule has 3 atom stereocenters. The Labute approximate surface area is 187 Å². The molecule has 172 valence electrons. The van der Waals surface area contributed by atoms with Gasteiger partial charge in [-0.15, -0.1) is 0 Å². The fraction of sp³-hybridized carbons (Fsp3) is 0.500. The second kappa shape index (κ2) is 10.4. The molecule has 32 heavy (non-hydrogen) atoms. The fourth-order valence-electron chi connectivity index (χ4n) is 4.10. The molecule has 0 aliphatic heterocycles. The highest BCUT2D eigenvalue weighted by atomic mass is 16.5. The normalized spacial score (nSPS) is 20.6. The van der Waals surface area contributed by atoms with Crippen molar-refractivity contribution in [3.63, 3.8) is 0 Å². The standard InChI is InChI=1S/C24H30N2O6/c1-14(2)17-10-9-15(3)11-20(17)31-24(29)19-8-6-5-7-18(19)23(28)30-13-22(27)25-21-12-16(4)32-26-21/h5-8,12,14-15,17,20H,9-11,13H2,1-4H3,(H,25,26,27)/t15-,17+,20+/m0/s1. The molecule has 0 spiro atoms. The quantitative estimate of drug-likeness (QED) is 0.633. The van der Waals surface area contributed by atoms with Crippen molar-refractivity contribution in [3.05, 3.63) is 47.2 Å². The van der Waals surface area contributed by atoms with E-state index in [1.54, 1.807) is 25.1 Å². The van der Waals surface area contributed by atoms with E-state index in [2.05, 4.69) is 31.2 Å². The lowest BCUT2D eigenvalue weighted by molar-refractivity contribution is -0.119. The molecule has 3 rings (SSSR count). The molecule has 1 aromatic carbocycles. The van der Waals surface area contributed by atoms with E-state index < -0.39 is 24.5 Å². The number of anilines is 1. The van der Waals surface area contributed by atoms with Gasteiger partial charge in [-0.05, 0) is 49.7 Å². The molecule has 1 fully saturated rings. The maximum absolute atomic E-state index is 13.0. The van der Waals surface area contributed by atoms with Crippen LogP contribution < -0.4 is 5.32 Å². The minimum atomic E-state index is -0.776. The molecule has 0 radical (unpaired) electrons. The van der Waals surface area contributed by atoms with Gasteiger partial charge in [-0.3, -0.25) is 4.79 Å². The minimum absolute atomic E-state index is 0.0625. The van der Waals surface area contributed by atoms with Crippen molar-refractivity contribution in [2.75, 3.05) is 11.9 Å². The Morgan fingerprint density at radius 1 is 1.16 bits per heavy atom. The topological polar surface area (TPSA) is 108 Å². The largest absolute Gasteiger partial charge is 0.458 e. The van der Waals surface area contributed by atoms with Crippen LogP contribution in [0.5, 0.6) is 0 Å². The van der Waals surface area contributed by atoms with Crippen LogP contribution in [0.15, 0.2) is 34.9 Å². The molecule has 1 saturated carbocycles. The minimum Gasteiger partial charge on any atom is -0.458 e. The number of aromatic nitrogens is 1. The zero-order valence-electron chi connectivity index (χ0n) is 18.9. The van der Waals surface area contributed by atoms with Crippen LogP contribution in [0.2, 0.25) is 0 Å². The third kappa shape index (κ3) is 5.96. The van der Waals surface area contributed by atoms with Crippen molar-refractivity contribution in [2.24, 2.45) is 17.8 Å². The fourth-order valence-corrected chi connectivity index (χ4v) is 4.10. The smallest absolute Gasteiger partial charge is 0.339 e. The van der Waals surface area contributed by atoms with Gasteiger partial charge in [0.25, 0.3) is 5.91 Å². The van der Waals surface area contributed by atoms with Gasteiger partial charge >= 0.3 is 11.9 Å². The summed E-state index contributed by atoms with van der Waals surface area (Å²) in [6.07, 6.45) is 2.76. The van der Waals surface area contributed by atoms with Gasteiger partial charge in [0, 0.05) is 6.07 Å². The molecule has 1 aliphatic rings. The molecule has 0 unspecified atom stereocenters. The maximum Gasteiger partial charge on any atom is 0.339 e. The third-order valence-electron chi connectivity index (χ3n) is 5.82. The van der Waals surface area contributed by atoms with Crippen LogP contribution >= 0.6 is 0 Å². The summed E-state index contributed by atoms with van der Waals surface area (Å²) >= 11 is 0. The molecule has 1 amide bonds. The molecule has 8 heteroatoms. The number of carbonyl (C=O) groups is 3. The number of aryl methyl sites for hydroxylation is 1. The predicted octanol–water partition coefficient (Wildman–Crippen LogP) is 4.40. The number of rotatable bonds is 7. The van der Waals surface area contributed by atoms with Crippen molar-refractivity contribution in [2.45, 2.75) is 53.1 Å². The van der Waals surface area contributed by atoms with Crippen LogP contribution in [0.4, 0.5) is 5.82 Å². The maximum atomic E-state index is 13.0. The van der Waals surface area contributed by atoms with Crippen LogP contribution in [-0.4, -0.2) is 35.7 Å². The lowest BCUT2D eigenvalue weighted by Crippen LogP contribution is -2.36. The van der Waals surface area contributed by atoms with Crippen molar-refractivity contribution in [1.82, 2.24) is 5.16 Å². The molecule has 1 aliphatic carbocycles. The molecule has 2 aromatic rings. The summed E-state index contributed by atoms with van der Waals surface area (Å²) in [5, 5.41) is 6.12. The van der Waals surface area contributed by atoms with E-state index in [9.17, 15) is 14.4 Å². The van der Waals surface area contributed by atoms with Crippen molar-refractivity contribution in [3.8, 4) is 0 Å². The first-order valence-electron chi connectivity index (χ1n) is 10.9. The Bertz CT molecular complexity index is 967. The lowest BCUT2D eigenvalue weighted by atomic mass is 9.75. The number of hydrogen-bond acceptors (Lipinski definition) is 7. The number of ether oxygens (including phenoxy) is 2. The molecule has 1 heterocycles. The summed E-state index contributed by atoms with van der Waals surface area (Å²) in [6, 6.07) is 7.86. The number of amides is 1. The van der Waals surface area contributed by atoms with Gasteiger partial charge in [-0.25, -0.2) is 9.59 Å². The second-order valence-electron chi connectivity index (χ2n) is 8.76. The van der Waals surface area contributed by atoms with E-state index in [1.807, 2.05) is 0 Å². The van der Waals surface area contributed by atoms with Gasteiger partial charge < -0.3 is 19.3 Å². The van der Waals surface area contributed by atoms with E-state index >= 15 is 0 Å². The van der Waals surface area contributed by atoms with Crippen molar-refractivity contribution in [1.29, 1.82) is 0 Å². The molecule has 0 saturated heterocycles. The summed E-state index contributed by atoms with van der Waals surface area (Å²) in [7, 11) is 0. The second-order valence-corrected chi connectivity index (χ2v) is 8.76. The summed E-state index contributed by atoms with van der Waals surface area (Å²) < 4.78 is 15.9. The number of nitrogens with one attached hydrogen (secondary N) is 1. The summed E-state index contributed by atoms with van der Waals surface area (Å²) in [4.78, 5) is 37.6. The molecule has 8 nitrogen and oxygen atoms in total. The van der Waals surface area contributed by atoms with Gasteiger partial charge in [0.05, 0.1) is 11.1 Å². The van der Waals surface area contributed by atoms with Gasteiger partial charge in [-0.1, -0.05) is 44.5 Å². The first-order chi connectivity index (χ1) is 15.2. The molecule has 1 aromatic heterocycles. The van der Waals surface area contributed by atoms with Crippen LogP contribution in [0.3, 0.4) is 0 Å². The van der Waals surface area contributed by atoms with Crippen LogP contribution in [0, 0.1) is 24.7 Å². The van der Waals surface area contributed by atoms with Gasteiger partial charge in [0.1, 0.15) is 11.9 Å². The zero-order chi connectivity index (χ0) is 23.3. The summed E-state index contributed by atoms with van der Waals surface area (Å²) in [5.74, 6) is 0.0420. The van der Waals surface area contributed by atoms with Gasteiger partial charge in [0.15, 0.2) is 12.4 Å². The van der Waals surface area contributed by atoms with Crippen LogP contribution in [-0.2, 0) is 14.3 Å². The monoisotopic (exact) mass is 442 g/mol. The number of nitrogens with zero attached hydrogens (tertiary/aromatic N) is 1. The highest BCUT2D eigenvalue weighted by molar-refractivity contribution is 6.04. The molecular formula is C24H30N2O6. The lowest BCUT2D eigenvalue weighted by Gasteiger charge is -2.36. The van der Waals surface area contributed by atoms with E-state index in [1.165, 1.54) is 12.1 Å². The molecular weight excluding hydrogens is 412 g/mol.